The van der Waals surface area contributed by atoms with Crippen molar-refractivity contribution in [2.45, 2.75) is 12.5 Å². The van der Waals surface area contributed by atoms with E-state index in [1.165, 1.54) is 11.3 Å². The van der Waals surface area contributed by atoms with Crippen LogP contribution in [-0.4, -0.2) is 24.8 Å². The Hall–Kier alpha value is -1.02. The van der Waals surface area contributed by atoms with Gasteiger partial charge in [-0.05, 0) is 18.1 Å². The lowest BCUT2D eigenvalue weighted by molar-refractivity contribution is 0.266. The summed E-state index contributed by atoms with van der Waals surface area (Å²) in [6.45, 7) is 0.241. The lowest BCUT2D eigenvalue weighted by Crippen LogP contribution is -2.30. The van der Waals surface area contributed by atoms with Crippen LogP contribution in [0.25, 0.3) is 0 Å². The third kappa shape index (κ3) is 0.994. The van der Waals surface area contributed by atoms with Gasteiger partial charge in [0.1, 0.15) is 0 Å². The Kier molecular flexibility index (Phi) is 1.77. The first-order chi connectivity index (χ1) is 5.83. The first kappa shape index (κ1) is 7.62. The van der Waals surface area contributed by atoms with Gasteiger partial charge in [0, 0.05) is 12.7 Å². The van der Waals surface area contributed by atoms with Crippen molar-refractivity contribution in [2.24, 2.45) is 0 Å². The lowest BCUT2D eigenvalue weighted by atomic mass is 10.1. The summed E-state index contributed by atoms with van der Waals surface area (Å²) in [6, 6.07) is 8.59. The summed E-state index contributed by atoms with van der Waals surface area (Å²) in [5.41, 5.74) is 2.61. The van der Waals surface area contributed by atoms with Crippen molar-refractivity contribution >= 4 is 5.69 Å². The predicted molar refractivity (Wildman–Crippen MR) is 49.4 cm³/mol. The third-order valence-corrected chi connectivity index (χ3v) is 2.59. The summed E-state index contributed by atoms with van der Waals surface area (Å²) in [6.07, 6.45) is 0.975. The number of hydrogen-bond acceptors (Lipinski definition) is 2. The molecule has 2 heteroatoms. The Morgan fingerprint density at radius 2 is 2.25 bits per heavy atom. The molecule has 0 bridgehead atoms. The minimum Gasteiger partial charge on any atom is -0.394 e. The highest BCUT2D eigenvalue weighted by Gasteiger charge is 2.24. The fraction of sp³-hybridized carbons (Fsp3) is 0.400. The zero-order valence-corrected chi connectivity index (χ0v) is 7.20. The Labute approximate surface area is 72.4 Å². The molecule has 0 amide bonds. The van der Waals surface area contributed by atoms with Crippen LogP contribution in [0.15, 0.2) is 24.3 Å². The highest BCUT2D eigenvalue weighted by molar-refractivity contribution is 5.58. The van der Waals surface area contributed by atoms with Crippen molar-refractivity contribution in [3.63, 3.8) is 0 Å². The number of hydrogen-bond donors (Lipinski definition) is 1. The van der Waals surface area contributed by atoms with Crippen molar-refractivity contribution in [2.75, 3.05) is 18.6 Å². The van der Waals surface area contributed by atoms with Crippen LogP contribution in [0.1, 0.15) is 5.56 Å². The molecule has 0 fully saturated rings. The van der Waals surface area contributed by atoms with Gasteiger partial charge in [-0.2, -0.15) is 0 Å². The van der Waals surface area contributed by atoms with Crippen LogP contribution in [0.3, 0.4) is 0 Å². The molecular formula is C10H13NO. The first-order valence-corrected chi connectivity index (χ1v) is 4.24. The molecule has 1 N–H and O–H groups in total. The summed E-state index contributed by atoms with van der Waals surface area (Å²) in [7, 11) is 2.03. The highest BCUT2D eigenvalue weighted by Crippen LogP contribution is 2.29. The van der Waals surface area contributed by atoms with Crippen molar-refractivity contribution in [1.29, 1.82) is 0 Å². The van der Waals surface area contributed by atoms with E-state index in [1.807, 2.05) is 19.2 Å². The standard InChI is InChI=1S/C10H13NO/c1-11-9(7-12)6-8-4-2-3-5-10(8)11/h2-5,9,12H,6-7H2,1H3/t9-/m0/s1. The molecule has 0 saturated carbocycles. The third-order valence-electron chi connectivity index (χ3n) is 2.59. The Morgan fingerprint density at radius 1 is 1.50 bits per heavy atom. The monoisotopic (exact) mass is 163 g/mol. The van der Waals surface area contributed by atoms with Crippen molar-refractivity contribution in [3.05, 3.63) is 29.8 Å². The van der Waals surface area contributed by atoms with Gasteiger partial charge in [-0.1, -0.05) is 18.2 Å². The van der Waals surface area contributed by atoms with E-state index in [2.05, 4.69) is 17.0 Å². The number of likely N-dealkylation sites (N-methyl/N-ethyl adjacent to an activating group) is 1. The Morgan fingerprint density at radius 3 is 2.92 bits per heavy atom. The Balaban J connectivity index is 2.35. The zero-order valence-electron chi connectivity index (χ0n) is 7.20. The van der Waals surface area contributed by atoms with Crippen LogP contribution >= 0.6 is 0 Å². The maximum atomic E-state index is 9.07. The number of fused-ring (bicyclic) bond motifs is 1. The number of rotatable bonds is 1. The van der Waals surface area contributed by atoms with Gasteiger partial charge in [-0.25, -0.2) is 0 Å². The quantitative estimate of drug-likeness (QED) is 0.668. The molecule has 1 aliphatic rings. The smallest absolute Gasteiger partial charge is 0.0638 e. The van der Waals surface area contributed by atoms with Gasteiger partial charge in [0.2, 0.25) is 0 Å². The minimum absolute atomic E-state index is 0.241. The number of aliphatic hydroxyl groups is 1. The largest absolute Gasteiger partial charge is 0.394 e. The van der Waals surface area contributed by atoms with E-state index in [1.54, 1.807) is 0 Å². The van der Waals surface area contributed by atoms with E-state index >= 15 is 0 Å². The fourth-order valence-corrected chi connectivity index (χ4v) is 1.80. The van der Waals surface area contributed by atoms with Crippen molar-refractivity contribution < 1.29 is 5.11 Å². The summed E-state index contributed by atoms with van der Waals surface area (Å²) in [5, 5.41) is 9.07. The van der Waals surface area contributed by atoms with Gasteiger partial charge in [-0.3, -0.25) is 0 Å². The maximum Gasteiger partial charge on any atom is 0.0638 e. The van der Waals surface area contributed by atoms with Gasteiger partial charge < -0.3 is 10.0 Å². The van der Waals surface area contributed by atoms with E-state index in [0.29, 0.717) is 0 Å². The van der Waals surface area contributed by atoms with Crippen LogP contribution in [0.2, 0.25) is 0 Å². The molecule has 1 atom stereocenters. The summed E-state index contributed by atoms with van der Waals surface area (Å²) in [4.78, 5) is 2.15. The normalized spacial score (nSPS) is 21.2. The number of anilines is 1. The SMILES string of the molecule is CN1c2ccccc2C[C@H]1CO. The van der Waals surface area contributed by atoms with Gasteiger partial charge in [0.05, 0.1) is 12.6 Å². The molecule has 1 aromatic rings. The van der Waals surface area contributed by atoms with E-state index in [9.17, 15) is 0 Å². The van der Waals surface area contributed by atoms with E-state index < -0.39 is 0 Å². The van der Waals surface area contributed by atoms with Crippen molar-refractivity contribution in [3.8, 4) is 0 Å². The molecule has 1 aliphatic heterocycles. The molecule has 12 heavy (non-hydrogen) atoms. The number of para-hydroxylation sites is 1. The maximum absolute atomic E-state index is 9.07. The molecule has 1 aromatic carbocycles. The predicted octanol–water partition coefficient (Wildman–Crippen LogP) is 1.04. The number of nitrogens with zero attached hydrogens (tertiary/aromatic N) is 1. The molecule has 0 spiro atoms. The average molecular weight is 163 g/mol. The summed E-state index contributed by atoms with van der Waals surface area (Å²) < 4.78 is 0. The fourth-order valence-electron chi connectivity index (χ4n) is 1.80. The van der Waals surface area contributed by atoms with Crippen LogP contribution in [-0.2, 0) is 6.42 Å². The van der Waals surface area contributed by atoms with Gasteiger partial charge >= 0.3 is 0 Å². The van der Waals surface area contributed by atoms with Crippen LogP contribution in [0.4, 0.5) is 5.69 Å². The Bertz CT molecular complexity index is 285. The molecule has 0 unspecified atom stereocenters. The lowest BCUT2D eigenvalue weighted by Gasteiger charge is -2.19. The molecule has 64 valence electrons. The molecule has 2 rings (SSSR count). The number of benzene rings is 1. The molecular weight excluding hydrogens is 150 g/mol. The van der Waals surface area contributed by atoms with Gasteiger partial charge in [0.25, 0.3) is 0 Å². The van der Waals surface area contributed by atoms with Crippen LogP contribution < -0.4 is 4.90 Å². The minimum atomic E-state index is 0.241. The van der Waals surface area contributed by atoms with Crippen LogP contribution in [0, 0.1) is 0 Å². The molecule has 0 aromatic heterocycles. The number of aliphatic hydroxyl groups excluding tert-OH is 1. The van der Waals surface area contributed by atoms with Crippen LogP contribution in [0.5, 0.6) is 0 Å². The van der Waals surface area contributed by atoms with E-state index in [4.69, 9.17) is 5.11 Å². The average Bonchev–Trinajstić information content (AvgIpc) is 2.44. The molecule has 1 heterocycles. The second-order valence-electron chi connectivity index (χ2n) is 3.28. The molecule has 0 aliphatic carbocycles. The van der Waals surface area contributed by atoms with E-state index in [-0.39, 0.29) is 12.6 Å². The van der Waals surface area contributed by atoms with Gasteiger partial charge in [-0.15, -0.1) is 0 Å². The van der Waals surface area contributed by atoms with Crippen molar-refractivity contribution in [1.82, 2.24) is 0 Å². The summed E-state index contributed by atoms with van der Waals surface area (Å²) in [5.74, 6) is 0. The zero-order chi connectivity index (χ0) is 8.55. The van der Waals surface area contributed by atoms with Gasteiger partial charge in [0.15, 0.2) is 0 Å². The van der Waals surface area contributed by atoms with E-state index in [0.717, 1.165) is 6.42 Å². The summed E-state index contributed by atoms with van der Waals surface area (Å²) >= 11 is 0. The molecule has 2 nitrogen and oxygen atoms in total. The molecule has 0 radical (unpaired) electrons. The molecule has 0 saturated heterocycles. The second-order valence-corrected chi connectivity index (χ2v) is 3.28. The highest BCUT2D eigenvalue weighted by atomic mass is 16.3. The second kappa shape index (κ2) is 2.79. The topological polar surface area (TPSA) is 23.5 Å². The first-order valence-electron chi connectivity index (χ1n) is 4.24.